The second-order valence-electron chi connectivity index (χ2n) is 11.8. The number of anilines is 2. The SMILES string of the molecule is C=CCN(C(=O)C1N([C@H](CO)c2ccccc2)C(=O)[C@@H]2[C@@H](C(=O)OCC)[C@@]3(C)CCC12S3)c1ccc(N(CC)CC)cc1. The topological polar surface area (TPSA) is 90.4 Å². The summed E-state index contributed by atoms with van der Waals surface area (Å²) in [6.45, 7) is 13.8. The number of ether oxygens (including phenoxy) is 1. The van der Waals surface area contributed by atoms with Gasteiger partial charge in [-0.15, -0.1) is 18.3 Å². The van der Waals surface area contributed by atoms with Crippen molar-refractivity contribution in [1.82, 2.24) is 4.90 Å². The summed E-state index contributed by atoms with van der Waals surface area (Å²) in [7, 11) is 0. The van der Waals surface area contributed by atoms with Crippen LogP contribution in [0.4, 0.5) is 11.4 Å². The molecule has 230 valence electrons. The molecule has 3 heterocycles. The lowest BCUT2D eigenvalue weighted by Crippen LogP contribution is -2.56. The summed E-state index contributed by atoms with van der Waals surface area (Å²) in [4.78, 5) is 48.5. The fourth-order valence-corrected chi connectivity index (χ4v) is 9.96. The van der Waals surface area contributed by atoms with Crippen molar-refractivity contribution in [2.75, 3.05) is 42.6 Å². The Morgan fingerprint density at radius 2 is 1.74 bits per heavy atom. The normalized spacial score (nSPS) is 28.0. The Hall–Kier alpha value is -3.30. The van der Waals surface area contributed by atoms with E-state index in [4.69, 9.17) is 4.74 Å². The van der Waals surface area contributed by atoms with Crippen LogP contribution in [-0.2, 0) is 19.1 Å². The molecule has 8 nitrogen and oxygen atoms in total. The van der Waals surface area contributed by atoms with E-state index in [9.17, 15) is 19.5 Å². The first-order valence-corrected chi connectivity index (χ1v) is 16.1. The molecular weight excluding hydrogens is 562 g/mol. The third-order valence-corrected chi connectivity index (χ3v) is 11.5. The Kier molecular flexibility index (Phi) is 8.95. The molecule has 3 aliphatic heterocycles. The second kappa shape index (κ2) is 12.4. The van der Waals surface area contributed by atoms with Crippen molar-refractivity contribution >= 4 is 40.9 Å². The Labute approximate surface area is 259 Å². The molecule has 1 N–H and O–H groups in total. The molecule has 0 aliphatic carbocycles. The van der Waals surface area contributed by atoms with Crippen molar-refractivity contribution in [3.05, 3.63) is 72.8 Å². The van der Waals surface area contributed by atoms with Crippen LogP contribution in [0, 0.1) is 11.8 Å². The van der Waals surface area contributed by atoms with Crippen LogP contribution in [0.5, 0.6) is 0 Å². The van der Waals surface area contributed by atoms with E-state index in [0.717, 1.165) is 24.3 Å². The summed E-state index contributed by atoms with van der Waals surface area (Å²) in [5, 5.41) is 10.7. The first-order valence-electron chi connectivity index (χ1n) is 15.3. The van der Waals surface area contributed by atoms with Crippen LogP contribution >= 0.6 is 11.8 Å². The summed E-state index contributed by atoms with van der Waals surface area (Å²) in [6.07, 6.45) is 3.00. The number of carbonyl (C=O) groups excluding carboxylic acids is 3. The molecule has 3 aliphatic rings. The number of aliphatic hydroxyl groups excluding tert-OH is 1. The summed E-state index contributed by atoms with van der Waals surface area (Å²) in [5.41, 5.74) is 2.51. The third kappa shape index (κ3) is 5.04. The summed E-state index contributed by atoms with van der Waals surface area (Å²) in [6, 6.07) is 15.6. The molecule has 2 amide bonds. The van der Waals surface area contributed by atoms with Crippen LogP contribution in [-0.4, -0.2) is 76.2 Å². The van der Waals surface area contributed by atoms with E-state index >= 15 is 0 Å². The molecule has 0 aromatic heterocycles. The van der Waals surface area contributed by atoms with Crippen molar-refractivity contribution < 1.29 is 24.2 Å². The van der Waals surface area contributed by atoms with Crippen molar-refractivity contribution in [3.8, 4) is 0 Å². The molecule has 5 rings (SSSR count). The fraction of sp³-hybridized carbons (Fsp3) is 0.500. The molecule has 0 saturated carbocycles. The van der Waals surface area contributed by atoms with Crippen LogP contribution in [0.2, 0.25) is 0 Å². The minimum absolute atomic E-state index is 0.218. The lowest BCUT2D eigenvalue weighted by atomic mass is 9.66. The van der Waals surface area contributed by atoms with Gasteiger partial charge in [0.2, 0.25) is 5.91 Å². The highest BCUT2D eigenvalue weighted by molar-refractivity contribution is 8.02. The number of aliphatic hydroxyl groups is 1. The van der Waals surface area contributed by atoms with Crippen LogP contribution in [0.15, 0.2) is 67.3 Å². The number of benzene rings is 2. The second-order valence-corrected chi connectivity index (χ2v) is 13.7. The molecule has 9 heteroatoms. The fourth-order valence-electron chi connectivity index (χ4n) is 7.63. The number of rotatable bonds is 12. The van der Waals surface area contributed by atoms with E-state index in [1.165, 1.54) is 0 Å². The number of likely N-dealkylation sites (tertiary alicyclic amines) is 1. The predicted molar refractivity (Wildman–Crippen MR) is 171 cm³/mol. The van der Waals surface area contributed by atoms with Gasteiger partial charge in [0.25, 0.3) is 5.91 Å². The van der Waals surface area contributed by atoms with E-state index in [0.29, 0.717) is 18.5 Å². The van der Waals surface area contributed by atoms with Crippen LogP contribution < -0.4 is 9.80 Å². The maximum atomic E-state index is 15.0. The molecule has 0 radical (unpaired) electrons. The largest absolute Gasteiger partial charge is 0.466 e. The molecule has 6 atom stereocenters. The number of hydrogen-bond donors (Lipinski definition) is 1. The average Bonchev–Trinajstić information content (AvgIpc) is 3.58. The average molecular weight is 606 g/mol. The first kappa shape index (κ1) is 31.1. The standard InChI is InChI=1S/C34H43N3O5S/c1-6-21-36(25-17-15-24(16-18-25)35(7-2)8-3)31(40)29-34-20-19-33(5,43-34)28(32(41)42-9-4)27(34)30(39)37(29)26(22-38)23-13-11-10-12-14-23/h6,10-18,26-29,38H,1,7-9,19-22H2,2-5H3/t26-,27+,28+,29?,33-,34?/m1/s1. The smallest absolute Gasteiger partial charge is 0.311 e. The van der Waals surface area contributed by atoms with Gasteiger partial charge < -0.3 is 24.5 Å². The highest BCUT2D eigenvalue weighted by atomic mass is 32.2. The van der Waals surface area contributed by atoms with Gasteiger partial charge in [0.1, 0.15) is 6.04 Å². The molecule has 2 aromatic carbocycles. The minimum atomic E-state index is -0.893. The maximum absolute atomic E-state index is 15.0. The lowest BCUT2D eigenvalue weighted by molar-refractivity contribution is -0.155. The van der Waals surface area contributed by atoms with Gasteiger partial charge in [-0.2, -0.15) is 0 Å². The molecule has 3 saturated heterocycles. The van der Waals surface area contributed by atoms with Gasteiger partial charge in [-0.05, 0) is 70.4 Å². The number of fused-ring (bicyclic) bond motifs is 1. The van der Waals surface area contributed by atoms with E-state index in [2.05, 4.69) is 25.3 Å². The minimum Gasteiger partial charge on any atom is -0.466 e. The van der Waals surface area contributed by atoms with Gasteiger partial charge in [0, 0.05) is 35.8 Å². The summed E-state index contributed by atoms with van der Waals surface area (Å²) >= 11 is 1.60. The Morgan fingerprint density at radius 3 is 2.33 bits per heavy atom. The number of hydrogen-bond acceptors (Lipinski definition) is 7. The molecular formula is C34H43N3O5S. The van der Waals surface area contributed by atoms with Gasteiger partial charge in [-0.1, -0.05) is 36.4 Å². The molecule has 2 bridgehead atoms. The van der Waals surface area contributed by atoms with Crippen LogP contribution in [0.3, 0.4) is 0 Å². The van der Waals surface area contributed by atoms with Crippen molar-refractivity contribution in [2.24, 2.45) is 11.8 Å². The molecule has 2 aromatic rings. The highest BCUT2D eigenvalue weighted by Gasteiger charge is 2.78. The number of amides is 2. The van der Waals surface area contributed by atoms with Crippen molar-refractivity contribution in [2.45, 2.75) is 62.1 Å². The zero-order valence-corrected chi connectivity index (χ0v) is 26.4. The van der Waals surface area contributed by atoms with Crippen molar-refractivity contribution in [3.63, 3.8) is 0 Å². The molecule has 2 unspecified atom stereocenters. The lowest BCUT2D eigenvalue weighted by Gasteiger charge is -2.39. The van der Waals surface area contributed by atoms with E-state index < -0.39 is 33.4 Å². The van der Waals surface area contributed by atoms with Gasteiger partial charge in [0.15, 0.2) is 0 Å². The maximum Gasteiger partial charge on any atom is 0.311 e. The number of thioether (sulfide) groups is 1. The molecule has 3 fully saturated rings. The number of nitrogens with zero attached hydrogens (tertiary/aromatic N) is 3. The van der Waals surface area contributed by atoms with Gasteiger partial charge in [0.05, 0.1) is 35.8 Å². The van der Waals surface area contributed by atoms with Crippen LogP contribution in [0.1, 0.15) is 52.1 Å². The van der Waals surface area contributed by atoms with E-state index in [1.54, 1.807) is 34.6 Å². The van der Waals surface area contributed by atoms with E-state index in [1.807, 2.05) is 61.5 Å². The Balaban J connectivity index is 1.63. The molecule has 43 heavy (non-hydrogen) atoms. The van der Waals surface area contributed by atoms with E-state index in [-0.39, 0.29) is 37.5 Å². The Morgan fingerprint density at radius 1 is 1.09 bits per heavy atom. The van der Waals surface area contributed by atoms with Crippen molar-refractivity contribution in [1.29, 1.82) is 0 Å². The molecule has 1 spiro atoms. The zero-order valence-electron chi connectivity index (χ0n) is 25.6. The zero-order chi connectivity index (χ0) is 30.9. The predicted octanol–water partition coefficient (Wildman–Crippen LogP) is 4.83. The number of esters is 1. The van der Waals surface area contributed by atoms with Crippen LogP contribution in [0.25, 0.3) is 0 Å². The Bertz CT molecular complexity index is 1350. The quantitative estimate of drug-likeness (QED) is 0.274. The summed E-state index contributed by atoms with van der Waals surface area (Å²) in [5.74, 6) is -2.29. The first-order chi connectivity index (χ1) is 20.7. The van der Waals surface area contributed by atoms with Gasteiger partial charge in [-0.25, -0.2) is 0 Å². The van der Waals surface area contributed by atoms with Gasteiger partial charge in [-0.3, -0.25) is 14.4 Å². The highest BCUT2D eigenvalue weighted by Crippen LogP contribution is 2.72. The monoisotopic (exact) mass is 605 g/mol. The third-order valence-electron chi connectivity index (χ3n) is 9.55. The summed E-state index contributed by atoms with van der Waals surface area (Å²) < 4.78 is 4.17. The van der Waals surface area contributed by atoms with Gasteiger partial charge >= 0.3 is 5.97 Å². The number of carbonyl (C=O) groups is 3.